The van der Waals surface area contributed by atoms with Gasteiger partial charge in [0, 0.05) is 43.1 Å². The highest BCUT2D eigenvalue weighted by atomic mass is 16.5. The van der Waals surface area contributed by atoms with Crippen LogP contribution in [0.4, 0.5) is 0 Å². The number of ketones is 2. The molecule has 0 aromatic heterocycles. The lowest BCUT2D eigenvalue weighted by Gasteiger charge is -2.28. The van der Waals surface area contributed by atoms with Gasteiger partial charge in [-0.2, -0.15) is 0 Å². The van der Waals surface area contributed by atoms with Crippen molar-refractivity contribution in [3.05, 3.63) is 52.0 Å². The van der Waals surface area contributed by atoms with Crippen LogP contribution in [0.5, 0.6) is 5.75 Å². The van der Waals surface area contributed by atoms with Crippen LogP contribution in [0.15, 0.2) is 40.9 Å². The Morgan fingerprint density at radius 2 is 1.66 bits per heavy atom. The van der Waals surface area contributed by atoms with Crippen LogP contribution in [0.2, 0.25) is 0 Å². The maximum Gasteiger partial charge on any atom is 0.308 e. The van der Waals surface area contributed by atoms with Crippen molar-refractivity contribution >= 4 is 23.4 Å². The average Bonchev–Trinajstić information content (AvgIpc) is 2.79. The molecule has 1 aliphatic carbocycles. The van der Waals surface area contributed by atoms with E-state index in [2.05, 4.69) is 0 Å². The van der Waals surface area contributed by atoms with Crippen molar-refractivity contribution in [2.24, 2.45) is 0 Å². The molecule has 0 bridgehead atoms. The van der Waals surface area contributed by atoms with E-state index in [0.29, 0.717) is 31.9 Å². The Labute approximate surface area is 185 Å². The third-order valence-corrected chi connectivity index (χ3v) is 5.33. The zero-order valence-corrected chi connectivity index (χ0v) is 18.5. The summed E-state index contributed by atoms with van der Waals surface area (Å²) in [4.78, 5) is 52.3. The summed E-state index contributed by atoms with van der Waals surface area (Å²) in [6, 6.07) is 4.86. The fourth-order valence-corrected chi connectivity index (χ4v) is 3.69. The van der Waals surface area contributed by atoms with Crippen LogP contribution in [0.1, 0.15) is 29.8 Å². The number of para-hydroxylation sites is 1. The van der Waals surface area contributed by atoms with Crippen molar-refractivity contribution in [3.63, 3.8) is 0 Å². The summed E-state index contributed by atoms with van der Waals surface area (Å²) in [5.41, 5.74) is 1.00. The van der Waals surface area contributed by atoms with E-state index >= 15 is 0 Å². The summed E-state index contributed by atoms with van der Waals surface area (Å²) in [6.45, 7) is 4.44. The number of amides is 1. The number of hydrogen-bond acceptors (Lipinski definition) is 8. The molecule has 1 amide bonds. The maximum atomic E-state index is 13.1. The SMILES string of the molecule is COC1=C(OC)C(=O)C(Cc2cccc(C(=O)N3CCOCC3)c2OC(C)=O)=C(C)C1=O. The van der Waals surface area contributed by atoms with Gasteiger partial charge >= 0.3 is 5.97 Å². The topological polar surface area (TPSA) is 108 Å². The van der Waals surface area contributed by atoms with Crippen molar-refractivity contribution in [1.29, 1.82) is 0 Å². The van der Waals surface area contributed by atoms with Crippen molar-refractivity contribution in [3.8, 4) is 5.75 Å². The molecule has 0 saturated carbocycles. The number of morpholine rings is 1. The van der Waals surface area contributed by atoms with Crippen LogP contribution in [-0.2, 0) is 35.0 Å². The molecule has 0 atom stereocenters. The van der Waals surface area contributed by atoms with Gasteiger partial charge in [0.05, 0.1) is 33.0 Å². The minimum Gasteiger partial charge on any atom is -0.489 e. The van der Waals surface area contributed by atoms with Crippen LogP contribution in [0, 0.1) is 0 Å². The monoisotopic (exact) mass is 443 g/mol. The quantitative estimate of drug-likeness (QED) is 0.371. The predicted octanol–water partition coefficient (Wildman–Crippen LogP) is 1.60. The molecule has 1 fully saturated rings. The third-order valence-electron chi connectivity index (χ3n) is 5.33. The molecule has 1 aromatic rings. The van der Waals surface area contributed by atoms with Crippen LogP contribution >= 0.6 is 0 Å². The summed E-state index contributed by atoms with van der Waals surface area (Å²) in [5.74, 6) is -2.15. The van der Waals surface area contributed by atoms with Crippen LogP contribution in [0.3, 0.4) is 0 Å². The molecule has 0 unspecified atom stereocenters. The highest BCUT2D eigenvalue weighted by molar-refractivity contribution is 6.23. The van der Waals surface area contributed by atoms with Gasteiger partial charge in [0.2, 0.25) is 23.1 Å². The Hall–Kier alpha value is -3.46. The van der Waals surface area contributed by atoms with E-state index in [-0.39, 0.29) is 46.3 Å². The molecule has 1 saturated heterocycles. The molecule has 1 aromatic carbocycles. The van der Waals surface area contributed by atoms with E-state index in [1.165, 1.54) is 28.1 Å². The summed E-state index contributed by atoms with van der Waals surface area (Å²) in [5, 5.41) is 0. The van der Waals surface area contributed by atoms with E-state index in [4.69, 9.17) is 18.9 Å². The van der Waals surface area contributed by atoms with E-state index in [9.17, 15) is 19.2 Å². The number of nitrogens with zero attached hydrogens (tertiary/aromatic N) is 1. The number of rotatable bonds is 6. The smallest absolute Gasteiger partial charge is 0.308 e. The lowest BCUT2D eigenvalue weighted by atomic mass is 9.88. The predicted molar refractivity (Wildman–Crippen MR) is 112 cm³/mol. The molecule has 0 radical (unpaired) electrons. The standard InChI is InChI=1S/C23H25NO8/c1-13-17(19(27)22(30-4)21(29-3)18(13)26)12-15-6-5-7-16(20(15)32-14(2)25)23(28)24-8-10-31-11-9-24/h5-7H,8-12H2,1-4H3. The van der Waals surface area contributed by atoms with Gasteiger partial charge in [-0.25, -0.2) is 0 Å². The number of allylic oxidation sites excluding steroid dienone is 2. The zero-order valence-electron chi connectivity index (χ0n) is 18.5. The summed E-state index contributed by atoms with van der Waals surface area (Å²) in [7, 11) is 2.57. The van der Waals surface area contributed by atoms with Crippen molar-refractivity contribution in [1.82, 2.24) is 4.90 Å². The van der Waals surface area contributed by atoms with Gasteiger partial charge in [-0.05, 0) is 13.0 Å². The van der Waals surface area contributed by atoms with Gasteiger partial charge in [-0.3, -0.25) is 19.2 Å². The number of carbonyl (C=O) groups is 4. The average molecular weight is 443 g/mol. The number of esters is 1. The minimum absolute atomic E-state index is 0.0346. The zero-order chi connectivity index (χ0) is 23.4. The molecule has 1 heterocycles. The molecule has 0 N–H and O–H groups in total. The van der Waals surface area contributed by atoms with Crippen LogP contribution < -0.4 is 4.74 Å². The summed E-state index contributed by atoms with van der Waals surface area (Å²) < 4.78 is 20.9. The highest BCUT2D eigenvalue weighted by Crippen LogP contribution is 2.33. The summed E-state index contributed by atoms with van der Waals surface area (Å²) in [6.07, 6.45) is -0.0346. The molecule has 9 nitrogen and oxygen atoms in total. The van der Waals surface area contributed by atoms with Gasteiger partial charge in [0.15, 0.2) is 0 Å². The molecule has 32 heavy (non-hydrogen) atoms. The van der Waals surface area contributed by atoms with Gasteiger partial charge < -0.3 is 23.8 Å². The fraction of sp³-hybridized carbons (Fsp3) is 0.391. The second-order valence-corrected chi connectivity index (χ2v) is 7.30. The van der Waals surface area contributed by atoms with Gasteiger partial charge in [0.1, 0.15) is 5.75 Å². The number of methoxy groups -OCH3 is 2. The Kier molecular flexibility index (Phi) is 7.09. The molecule has 9 heteroatoms. The second-order valence-electron chi connectivity index (χ2n) is 7.30. The lowest BCUT2D eigenvalue weighted by molar-refractivity contribution is -0.132. The van der Waals surface area contributed by atoms with E-state index in [1.807, 2.05) is 0 Å². The first-order valence-electron chi connectivity index (χ1n) is 10.1. The third kappa shape index (κ3) is 4.43. The fourth-order valence-electron chi connectivity index (χ4n) is 3.69. The number of ether oxygens (including phenoxy) is 4. The normalized spacial score (nSPS) is 16.9. The van der Waals surface area contributed by atoms with Crippen LogP contribution in [-0.4, -0.2) is 68.9 Å². The lowest BCUT2D eigenvalue weighted by Crippen LogP contribution is -2.41. The first kappa shape index (κ1) is 23.2. The Morgan fingerprint density at radius 3 is 2.25 bits per heavy atom. The minimum atomic E-state index is -0.607. The van der Waals surface area contributed by atoms with Gasteiger partial charge in [0.25, 0.3) is 5.91 Å². The van der Waals surface area contributed by atoms with E-state index < -0.39 is 17.5 Å². The number of Topliss-reactive ketones (excluding diaryl/α,β-unsaturated/α-hetero) is 2. The number of carbonyl (C=O) groups excluding carboxylic acids is 4. The van der Waals surface area contributed by atoms with Crippen LogP contribution in [0.25, 0.3) is 0 Å². The molecule has 0 spiro atoms. The number of hydrogen-bond donors (Lipinski definition) is 0. The van der Waals surface area contributed by atoms with Crippen molar-refractivity contribution < 1.29 is 38.1 Å². The first-order valence-corrected chi connectivity index (χ1v) is 10.1. The Morgan fingerprint density at radius 1 is 1.03 bits per heavy atom. The highest BCUT2D eigenvalue weighted by Gasteiger charge is 2.35. The van der Waals surface area contributed by atoms with Crippen molar-refractivity contribution in [2.75, 3.05) is 40.5 Å². The molecular formula is C23H25NO8. The molecular weight excluding hydrogens is 418 g/mol. The van der Waals surface area contributed by atoms with E-state index in [1.54, 1.807) is 23.1 Å². The maximum absolute atomic E-state index is 13.1. The first-order chi connectivity index (χ1) is 15.3. The molecule has 1 aliphatic heterocycles. The Bertz CT molecular complexity index is 1030. The molecule has 170 valence electrons. The summed E-state index contributed by atoms with van der Waals surface area (Å²) >= 11 is 0. The Balaban J connectivity index is 2.03. The second kappa shape index (κ2) is 9.78. The van der Waals surface area contributed by atoms with Gasteiger partial charge in [-0.1, -0.05) is 12.1 Å². The molecule has 3 rings (SSSR count). The van der Waals surface area contributed by atoms with E-state index in [0.717, 1.165) is 0 Å². The molecule has 2 aliphatic rings. The van der Waals surface area contributed by atoms with Crippen molar-refractivity contribution in [2.45, 2.75) is 20.3 Å². The number of benzene rings is 1. The van der Waals surface area contributed by atoms with Gasteiger partial charge in [-0.15, -0.1) is 0 Å². The largest absolute Gasteiger partial charge is 0.489 e.